The van der Waals surface area contributed by atoms with E-state index in [0.717, 1.165) is 47.3 Å². The summed E-state index contributed by atoms with van der Waals surface area (Å²) in [6, 6.07) is 12.5. The summed E-state index contributed by atoms with van der Waals surface area (Å²) in [7, 11) is -2.49. The molecule has 2 aromatic carbocycles. The van der Waals surface area contributed by atoms with Crippen LogP contribution in [0.5, 0.6) is 0 Å². The fourth-order valence-electron chi connectivity index (χ4n) is 5.38. The van der Waals surface area contributed by atoms with Crippen LogP contribution in [0.2, 0.25) is 0 Å². The molecule has 0 bridgehead atoms. The minimum absolute atomic E-state index is 0.0552. The van der Waals surface area contributed by atoms with Crippen molar-refractivity contribution in [1.82, 2.24) is 9.78 Å². The second-order valence-electron chi connectivity index (χ2n) is 9.40. The molecule has 1 spiro atoms. The van der Waals surface area contributed by atoms with E-state index in [1.807, 2.05) is 44.2 Å². The van der Waals surface area contributed by atoms with Gasteiger partial charge in [-0.1, -0.05) is 18.2 Å². The van der Waals surface area contributed by atoms with Crippen LogP contribution in [0.15, 0.2) is 47.4 Å². The summed E-state index contributed by atoms with van der Waals surface area (Å²) in [5.74, 6) is -0.272. The summed E-state index contributed by atoms with van der Waals surface area (Å²) in [4.78, 5) is 26.7. The Morgan fingerprint density at radius 2 is 2.06 bits per heavy atom. The number of hydrogen-bond donors (Lipinski definition) is 2. The van der Waals surface area contributed by atoms with Crippen LogP contribution in [0.4, 0.5) is 10.1 Å². The van der Waals surface area contributed by atoms with E-state index >= 15 is 0 Å². The van der Waals surface area contributed by atoms with E-state index in [9.17, 15) is 14.1 Å². The summed E-state index contributed by atoms with van der Waals surface area (Å²) in [6.45, 7) is 3.63. The first-order chi connectivity index (χ1) is 16.8. The highest BCUT2D eigenvalue weighted by molar-refractivity contribution is 7.33. The fourth-order valence-corrected chi connectivity index (χ4v) is 5.64. The molecule has 2 aliphatic carbocycles. The van der Waals surface area contributed by atoms with Crippen LogP contribution in [0.25, 0.3) is 11.1 Å². The molecule has 1 amide bonds. The summed E-state index contributed by atoms with van der Waals surface area (Å²) in [5.41, 5.74) is 6.35. The van der Waals surface area contributed by atoms with Crippen LogP contribution in [0, 0.1) is 25.1 Å². The Morgan fingerprint density at radius 1 is 1.31 bits per heavy atom. The molecule has 182 valence electrons. The zero-order valence-electron chi connectivity index (χ0n) is 19.5. The van der Waals surface area contributed by atoms with Crippen LogP contribution in [0.3, 0.4) is 0 Å². The molecule has 5 rings (SSSR count). The third-order valence-corrected chi connectivity index (χ3v) is 7.73. The smallest absolute Gasteiger partial charge is 0.377 e. The van der Waals surface area contributed by atoms with Gasteiger partial charge in [-0.3, -0.25) is 4.79 Å². The maximum absolute atomic E-state index is 13.9. The molecule has 10 heteroatoms. The van der Waals surface area contributed by atoms with Crippen LogP contribution in [-0.4, -0.2) is 20.9 Å². The monoisotopic (exact) mass is 496 g/mol. The van der Waals surface area contributed by atoms with Gasteiger partial charge in [-0.2, -0.15) is 5.10 Å². The molecule has 2 atom stereocenters. The Bertz CT molecular complexity index is 1320. The normalized spacial score (nSPS) is 18.1. The zero-order chi connectivity index (χ0) is 24.7. The van der Waals surface area contributed by atoms with E-state index in [1.54, 1.807) is 10.7 Å². The van der Waals surface area contributed by atoms with Crippen molar-refractivity contribution < 1.29 is 23.8 Å². The number of rotatable bonds is 7. The van der Waals surface area contributed by atoms with Crippen molar-refractivity contribution in [2.75, 3.05) is 5.32 Å². The second kappa shape index (κ2) is 9.24. The average Bonchev–Trinajstić information content (AvgIpc) is 3.48. The summed E-state index contributed by atoms with van der Waals surface area (Å²) in [6.07, 6.45) is 3.43. The SMILES string of the molecule is Cc1nn(CO[P+]([O-])=NO)c(C)c1-c1ccc(NC(=O)CC2c3cc(F)ccc3CC23CC3)cc1. The Balaban J connectivity index is 1.27. The minimum Gasteiger partial charge on any atom is -0.582 e. The van der Waals surface area contributed by atoms with Gasteiger partial charge in [0, 0.05) is 23.4 Å². The number of amides is 1. The summed E-state index contributed by atoms with van der Waals surface area (Å²) >= 11 is 0. The average molecular weight is 496 g/mol. The molecule has 8 nitrogen and oxygen atoms in total. The van der Waals surface area contributed by atoms with Crippen molar-refractivity contribution >= 4 is 19.8 Å². The number of fused-ring (bicyclic) bond motifs is 1. The number of carbonyl (C=O) groups is 1. The van der Waals surface area contributed by atoms with Gasteiger partial charge in [0.25, 0.3) is 0 Å². The zero-order valence-corrected chi connectivity index (χ0v) is 20.4. The molecule has 1 saturated carbocycles. The Labute approximate surface area is 203 Å². The van der Waals surface area contributed by atoms with Gasteiger partial charge < -0.3 is 10.2 Å². The highest BCUT2D eigenvalue weighted by atomic mass is 31.1. The van der Waals surface area contributed by atoms with Gasteiger partial charge in [0.05, 0.1) is 10.6 Å². The largest absolute Gasteiger partial charge is 0.582 e. The topological polar surface area (TPSA) is 112 Å². The Morgan fingerprint density at radius 3 is 2.74 bits per heavy atom. The molecule has 1 heterocycles. The first-order valence-corrected chi connectivity index (χ1v) is 12.6. The van der Waals surface area contributed by atoms with E-state index in [2.05, 4.69) is 15.3 Å². The second-order valence-corrected chi connectivity index (χ2v) is 10.3. The molecule has 0 radical (unpaired) electrons. The molecule has 1 fully saturated rings. The van der Waals surface area contributed by atoms with Crippen molar-refractivity contribution in [3.63, 3.8) is 0 Å². The van der Waals surface area contributed by atoms with E-state index < -0.39 is 8.17 Å². The van der Waals surface area contributed by atoms with E-state index in [4.69, 9.17) is 9.73 Å². The lowest BCUT2D eigenvalue weighted by Gasteiger charge is -2.19. The van der Waals surface area contributed by atoms with E-state index in [-0.39, 0.29) is 29.8 Å². The first kappa shape index (κ1) is 23.8. The minimum atomic E-state index is -2.49. The number of halogens is 1. The molecule has 2 unspecified atom stereocenters. The predicted molar refractivity (Wildman–Crippen MR) is 127 cm³/mol. The highest BCUT2D eigenvalue weighted by Crippen LogP contribution is 2.64. The molecule has 2 N–H and O–H groups in total. The Kier molecular flexibility index (Phi) is 6.27. The molecule has 3 aromatic rings. The maximum Gasteiger partial charge on any atom is 0.377 e. The van der Waals surface area contributed by atoms with Gasteiger partial charge in [0.2, 0.25) is 5.91 Å². The summed E-state index contributed by atoms with van der Waals surface area (Å²) in [5, 5.41) is 15.9. The first-order valence-electron chi connectivity index (χ1n) is 11.5. The lowest BCUT2D eigenvalue weighted by molar-refractivity contribution is -0.180. The highest BCUT2D eigenvalue weighted by Gasteiger charge is 2.54. The number of hydrogen-bond acceptors (Lipinski definition) is 5. The van der Waals surface area contributed by atoms with Gasteiger partial charge >= 0.3 is 8.17 Å². The quantitative estimate of drug-likeness (QED) is 0.354. The van der Waals surface area contributed by atoms with Gasteiger partial charge in [-0.05, 0) is 85.4 Å². The molecule has 1 aromatic heterocycles. The van der Waals surface area contributed by atoms with E-state index in [1.165, 1.54) is 11.6 Å². The molecule has 0 aliphatic heterocycles. The van der Waals surface area contributed by atoms with Crippen LogP contribution in [-0.2, 0) is 22.5 Å². The van der Waals surface area contributed by atoms with Gasteiger partial charge in [0.1, 0.15) is 5.82 Å². The van der Waals surface area contributed by atoms with Gasteiger partial charge in [-0.25, -0.2) is 14.3 Å². The van der Waals surface area contributed by atoms with Gasteiger partial charge in [-0.15, -0.1) is 4.52 Å². The van der Waals surface area contributed by atoms with Crippen molar-refractivity contribution in [3.8, 4) is 11.1 Å². The maximum atomic E-state index is 13.9. The van der Waals surface area contributed by atoms with Crippen LogP contribution >= 0.6 is 8.17 Å². The predicted octanol–water partition coefficient (Wildman–Crippen LogP) is 4.97. The molecule has 2 aliphatic rings. The third-order valence-electron chi connectivity index (χ3n) is 7.25. The van der Waals surface area contributed by atoms with Crippen LogP contribution in [0.1, 0.15) is 47.7 Å². The number of nitrogens with one attached hydrogen (secondary N) is 1. The lowest BCUT2D eigenvalue weighted by Crippen LogP contribution is -2.19. The van der Waals surface area contributed by atoms with Crippen molar-refractivity contribution in [3.05, 3.63) is 70.8 Å². The number of aromatic nitrogens is 2. The third kappa shape index (κ3) is 4.65. The standard InChI is InChI=1S/C25H26FN4O4P/c1-15-24(16(2)30(28-15)14-34-35(33)29-32)17-4-7-20(8-5-17)27-23(31)12-22-21-11-19(26)6-3-18(21)13-25(22)9-10-25/h3-8,11,22,32H,9-10,12-14H2,1-2H3,(H,27,31). The molecular formula is C25H26FN4O4P. The number of anilines is 1. The number of benzene rings is 2. The summed E-state index contributed by atoms with van der Waals surface area (Å²) < 4.78 is 20.4. The van der Waals surface area contributed by atoms with Crippen molar-refractivity contribution in [1.29, 1.82) is 0 Å². The lowest BCUT2D eigenvalue weighted by atomic mass is 9.86. The molecular weight excluding hydrogens is 470 g/mol. The van der Waals surface area contributed by atoms with Crippen molar-refractivity contribution in [2.24, 2.45) is 10.3 Å². The van der Waals surface area contributed by atoms with Crippen LogP contribution < -0.4 is 10.2 Å². The Hall–Kier alpha value is -2.97. The molecule has 35 heavy (non-hydrogen) atoms. The van der Waals surface area contributed by atoms with Gasteiger partial charge in [0.15, 0.2) is 6.73 Å². The fraction of sp³-hybridized carbons (Fsp3) is 0.360. The van der Waals surface area contributed by atoms with E-state index in [0.29, 0.717) is 12.1 Å². The molecule has 0 saturated heterocycles. The van der Waals surface area contributed by atoms with Crippen molar-refractivity contribution in [2.45, 2.75) is 52.2 Å². The number of aryl methyl sites for hydroxylation is 1. The number of carbonyl (C=O) groups excluding carboxylic acids is 1. The number of nitrogens with zero attached hydrogens (tertiary/aromatic N) is 3.